The summed E-state index contributed by atoms with van der Waals surface area (Å²) in [5, 5.41) is 14.8. The Morgan fingerprint density at radius 1 is 1.27 bits per heavy atom. The molecule has 2 N–H and O–H groups in total. The van der Waals surface area contributed by atoms with Crippen LogP contribution in [-0.2, 0) is 0 Å². The quantitative estimate of drug-likeness (QED) is 0.905. The molecule has 22 heavy (non-hydrogen) atoms. The summed E-state index contributed by atoms with van der Waals surface area (Å²) in [6.45, 7) is 5.73. The van der Waals surface area contributed by atoms with Gasteiger partial charge in [-0.25, -0.2) is 9.97 Å². The monoisotopic (exact) mass is 295 g/mol. The van der Waals surface area contributed by atoms with Crippen molar-refractivity contribution in [3.8, 4) is 6.07 Å². The third-order valence-corrected chi connectivity index (χ3v) is 2.80. The number of para-hydroxylation sites is 1. The molecule has 0 unspecified atom stereocenters. The second-order valence-electron chi connectivity index (χ2n) is 5.13. The second kappa shape index (κ2) is 6.68. The normalized spacial score (nSPS) is 10.1. The Balaban J connectivity index is 2.26. The number of nitrogens with zero attached hydrogens (tertiary/aromatic N) is 3. The van der Waals surface area contributed by atoms with Gasteiger partial charge in [0.1, 0.15) is 11.8 Å². The van der Waals surface area contributed by atoms with Crippen molar-refractivity contribution in [3.05, 3.63) is 47.3 Å². The van der Waals surface area contributed by atoms with E-state index in [1.54, 1.807) is 37.3 Å². The van der Waals surface area contributed by atoms with Crippen molar-refractivity contribution in [3.63, 3.8) is 0 Å². The highest BCUT2D eigenvalue weighted by atomic mass is 16.1. The molecule has 0 saturated carbocycles. The average Bonchev–Trinajstić information content (AvgIpc) is 2.46. The lowest BCUT2D eigenvalue weighted by molar-refractivity contribution is 0.102. The molecule has 2 aromatic rings. The molecule has 0 bridgehead atoms. The molecule has 0 radical (unpaired) electrons. The topological polar surface area (TPSA) is 90.7 Å². The Hall–Kier alpha value is -2.94. The number of carbonyl (C=O) groups is 1. The van der Waals surface area contributed by atoms with Crippen molar-refractivity contribution in [1.29, 1.82) is 5.26 Å². The number of rotatable bonds is 4. The van der Waals surface area contributed by atoms with Gasteiger partial charge in [0.25, 0.3) is 5.91 Å². The lowest BCUT2D eigenvalue weighted by atomic mass is 10.2. The van der Waals surface area contributed by atoms with Crippen LogP contribution in [0.15, 0.2) is 30.3 Å². The summed E-state index contributed by atoms with van der Waals surface area (Å²) in [5.41, 5.74) is 1.81. The molecule has 1 aromatic heterocycles. The van der Waals surface area contributed by atoms with Crippen LogP contribution >= 0.6 is 0 Å². The van der Waals surface area contributed by atoms with E-state index in [1.165, 1.54) is 0 Å². The van der Waals surface area contributed by atoms with E-state index in [9.17, 15) is 4.79 Å². The number of amides is 1. The summed E-state index contributed by atoms with van der Waals surface area (Å²) in [4.78, 5) is 20.8. The standard InChI is InChI=1S/C16H17N5O/c1-10(2)18-16-19-11(3)8-14(21-16)15(22)20-13-7-5-4-6-12(13)9-17/h4-8,10H,1-3H3,(H,20,22)(H,18,19,21). The molecule has 0 saturated heterocycles. The third-order valence-electron chi connectivity index (χ3n) is 2.80. The molecule has 0 fully saturated rings. The summed E-state index contributed by atoms with van der Waals surface area (Å²) in [5.74, 6) is 0.0359. The lowest BCUT2D eigenvalue weighted by Gasteiger charge is -2.11. The van der Waals surface area contributed by atoms with Crippen LogP contribution in [0.25, 0.3) is 0 Å². The number of hydrogen-bond acceptors (Lipinski definition) is 5. The van der Waals surface area contributed by atoms with Crippen molar-refractivity contribution in [2.24, 2.45) is 0 Å². The number of nitriles is 1. The van der Waals surface area contributed by atoms with E-state index < -0.39 is 0 Å². The third kappa shape index (κ3) is 3.79. The summed E-state index contributed by atoms with van der Waals surface area (Å²) >= 11 is 0. The van der Waals surface area contributed by atoms with Crippen molar-refractivity contribution in [2.75, 3.05) is 10.6 Å². The van der Waals surface area contributed by atoms with E-state index in [1.807, 2.05) is 19.9 Å². The van der Waals surface area contributed by atoms with Gasteiger partial charge >= 0.3 is 0 Å². The van der Waals surface area contributed by atoms with Crippen LogP contribution < -0.4 is 10.6 Å². The van der Waals surface area contributed by atoms with Crippen LogP contribution in [0.4, 0.5) is 11.6 Å². The first kappa shape index (κ1) is 15.4. The molecule has 0 aliphatic rings. The Labute approximate surface area is 129 Å². The second-order valence-corrected chi connectivity index (χ2v) is 5.13. The Kier molecular flexibility index (Phi) is 4.69. The SMILES string of the molecule is Cc1cc(C(=O)Nc2ccccc2C#N)nc(NC(C)C)n1. The van der Waals surface area contributed by atoms with Crippen LogP contribution in [0.2, 0.25) is 0 Å². The maximum atomic E-state index is 12.3. The maximum Gasteiger partial charge on any atom is 0.274 e. The van der Waals surface area contributed by atoms with Gasteiger partial charge in [0.2, 0.25) is 5.95 Å². The fourth-order valence-electron chi connectivity index (χ4n) is 1.88. The largest absolute Gasteiger partial charge is 0.352 e. The molecule has 112 valence electrons. The van der Waals surface area contributed by atoms with Gasteiger partial charge in [0.05, 0.1) is 11.3 Å². The fraction of sp³-hybridized carbons (Fsp3) is 0.250. The van der Waals surface area contributed by atoms with Crippen LogP contribution in [0.5, 0.6) is 0 Å². The molecular weight excluding hydrogens is 278 g/mol. The zero-order valence-electron chi connectivity index (χ0n) is 12.7. The minimum atomic E-state index is -0.375. The van der Waals surface area contributed by atoms with E-state index >= 15 is 0 Å². The van der Waals surface area contributed by atoms with Crippen LogP contribution in [-0.4, -0.2) is 21.9 Å². The van der Waals surface area contributed by atoms with Gasteiger partial charge < -0.3 is 10.6 Å². The van der Waals surface area contributed by atoms with Gasteiger partial charge in [0.15, 0.2) is 0 Å². The van der Waals surface area contributed by atoms with Gasteiger partial charge in [-0.1, -0.05) is 12.1 Å². The highest BCUT2D eigenvalue weighted by Crippen LogP contribution is 2.15. The molecular formula is C16H17N5O. The first-order valence-electron chi connectivity index (χ1n) is 6.92. The first-order valence-corrected chi connectivity index (χ1v) is 6.92. The number of aromatic nitrogens is 2. The Morgan fingerprint density at radius 3 is 2.68 bits per heavy atom. The molecule has 1 heterocycles. The summed E-state index contributed by atoms with van der Waals surface area (Å²) in [6, 6.07) is 10.6. The predicted molar refractivity (Wildman–Crippen MR) is 84.6 cm³/mol. The fourth-order valence-corrected chi connectivity index (χ4v) is 1.88. The van der Waals surface area contributed by atoms with Crippen molar-refractivity contribution in [1.82, 2.24) is 9.97 Å². The molecule has 2 rings (SSSR count). The maximum absolute atomic E-state index is 12.3. The number of carbonyl (C=O) groups excluding carboxylic acids is 1. The molecule has 6 heteroatoms. The van der Waals surface area contributed by atoms with Crippen LogP contribution in [0, 0.1) is 18.3 Å². The van der Waals surface area contributed by atoms with Gasteiger partial charge in [-0.15, -0.1) is 0 Å². The molecule has 0 atom stereocenters. The van der Waals surface area contributed by atoms with E-state index in [4.69, 9.17) is 5.26 Å². The average molecular weight is 295 g/mol. The van der Waals surface area contributed by atoms with E-state index in [-0.39, 0.29) is 17.6 Å². The van der Waals surface area contributed by atoms with Crippen molar-refractivity contribution < 1.29 is 4.79 Å². The highest BCUT2D eigenvalue weighted by Gasteiger charge is 2.13. The number of hydrogen-bond donors (Lipinski definition) is 2. The number of aryl methyl sites for hydroxylation is 1. The van der Waals surface area contributed by atoms with Gasteiger partial charge in [0, 0.05) is 11.7 Å². The van der Waals surface area contributed by atoms with E-state index in [2.05, 4.69) is 20.6 Å². The van der Waals surface area contributed by atoms with E-state index in [0.717, 1.165) is 0 Å². The van der Waals surface area contributed by atoms with Crippen LogP contribution in [0.1, 0.15) is 35.6 Å². The van der Waals surface area contributed by atoms with Crippen LogP contribution in [0.3, 0.4) is 0 Å². The molecule has 0 aliphatic carbocycles. The van der Waals surface area contributed by atoms with Gasteiger partial charge in [-0.3, -0.25) is 4.79 Å². The molecule has 0 spiro atoms. The van der Waals surface area contributed by atoms with Crippen molar-refractivity contribution in [2.45, 2.75) is 26.8 Å². The first-order chi connectivity index (χ1) is 10.5. The Bertz CT molecular complexity index is 734. The van der Waals surface area contributed by atoms with Gasteiger partial charge in [-0.2, -0.15) is 5.26 Å². The summed E-state index contributed by atoms with van der Waals surface area (Å²) in [6.07, 6.45) is 0. The van der Waals surface area contributed by atoms with Gasteiger partial charge in [-0.05, 0) is 39.0 Å². The van der Waals surface area contributed by atoms with E-state index in [0.29, 0.717) is 22.9 Å². The minimum Gasteiger partial charge on any atom is -0.352 e. The number of nitrogens with one attached hydrogen (secondary N) is 2. The predicted octanol–water partition coefficient (Wildman–Crippen LogP) is 2.73. The smallest absolute Gasteiger partial charge is 0.274 e. The zero-order valence-corrected chi connectivity index (χ0v) is 12.7. The molecule has 6 nitrogen and oxygen atoms in total. The molecule has 1 aromatic carbocycles. The van der Waals surface area contributed by atoms with Crippen molar-refractivity contribution >= 4 is 17.5 Å². The summed E-state index contributed by atoms with van der Waals surface area (Å²) < 4.78 is 0. The number of benzene rings is 1. The lowest BCUT2D eigenvalue weighted by Crippen LogP contribution is -2.18. The summed E-state index contributed by atoms with van der Waals surface area (Å²) in [7, 11) is 0. The highest BCUT2D eigenvalue weighted by molar-refractivity contribution is 6.03. The Morgan fingerprint density at radius 2 is 2.00 bits per heavy atom. The molecule has 0 aliphatic heterocycles. The molecule has 1 amide bonds. The zero-order chi connectivity index (χ0) is 16.1. The minimum absolute atomic E-state index is 0.164. The number of anilines is 2.